The van der Waals surface area contributed by atoms with Crippen molar-refractivity contribution in [3.63, 3.8) is 0 Å². The van der Waals surface area contributed by atoms with Crippen molar-refractivity contribution < 1.29 is 0 Å². The van der Waals surface area contributed by atoms with Crippen molar-refractivity contribution in [2.75, 3.05) is 23.8 Å². The molecule has 0 atom stereocenters. The lowest BCUT2D eigenvalue weighted by Crippen LogP contribution is -2.36. The molecule has 0 saturated heterocycles. The zero-order valence-corrected chi connectivity index (χ0v) is 20.9. The number of anilines is 2. The molecule has 35 heavy (non-hydrogen) atoms. The van der Waals surface area contributed by atoms with E-state index < -0.39 is 0 Å². The van der Waals surface area contributed by atoms with Crippen molar-refractivity contribution in [1.82, 2.24) is 15.1 Å². The summed E-state index contributed by atoms with van der Waals surface area (Å²) in [6, 6.07) is 13.4. The summed E-state index contributed by atoms with van der Waals surface area (Å²) < 4.78 is 1.84. The van der Waals surface area contributed by atoms with Crippen LogP contribution in [0.1, 0.15) is 55.2 Å². The van der Waals surface area contributed by atoms with Gasteiger partial charge in [0.2, 0.25) is 0 Å². The Labute approximate surface area is 208 Å². The van der Waals surface area contributed by atoms with Crippen molar-refractivity contribution in [1.29, 1.82) is 5.41 Å². The molecule has 1 aliphatic carbocycles. The van der Waals surface area contributed by atoms with Crippen LogP contribution in [0.4, 0.5) is 11.4 Å². The van der Waals surface area contributed by atoms with Gasteiger partial charge in [-0.3, -0.25) is 10.1 Å². The van der Waals surface area contributed by atoms with Crippen LogP contribution in [0.25, 0.3) is 16.8 Å². The molecule has 182 valence electrons. The van der Waals surface area contributed by atoms with Crippen LogP contribution < -0.4 is 15.5 Å². The zero-order chi connectivity index (χ0) is 24.4. The van der Waals surface area contributed by atoms with Crippen LogP contribution in [-0.2, 0) is 13.5 Å². The highest BCUT2D eigenvalue weighted by atomic mass is 15.2. The number of fused-ring (bicyclic) bond motifs is 1. The zero-order valence-electron chi connectivity index (χ0n) is 20.9. The van der Waals surface area contributed by atoms with Crippen LogP contribution >= 0.6 is 0 Å². The second-order valence-electron chi connectivity index (χ2n) is 9.82. The summed E-state index contributed by atoms with van der Waals surface area (Å²) in [6.45, 7) is 5.00. The van der Waals surface area contributed by atoms with Gasteiger partial charge in [0.15, 0.2) is 0 Å². The molecule has 6 nitrogen and oxygen atoms in total. The SMILES string of the molecule is C=C(NC)c1ccc(NC2CCCCC2)c(C(=N)N2CCCc3cc(-c4cnn(C)c4)ccc32)c1. The molecule has 1 fully saturated rings. The molecule has 1 aromatic heterocycles. The van der Waals surface area contributed by atoms with Crippen LogP contribution in [-0.4, -0.2) is 35.3 Å². The van der Waals surface area contributed by atoms with E-state index in [0.717, 1.165) is 53.1 Å². The monoisotopic (exact) mass is 468 g/mol. The van der Waals surface area contributed by atoms with Gasteiger partial charge in [0.1, 0.15) is 5.84 Å². The minimum atomic E-state index is 0.476. The van der Waals surface area contributed by atoms with E-state index in [1.54, 1.807) is 0 Å². The Morgan fingerprint density at radius 3 is 2.63 bits per heavy atom. The molecule has 3 aromatic rings. The summed E-state index contributed by atoms with van der Waals surface area (Å²) in [5, 5.41) is 20.6. The smallest absolute Gasteiger partial charge is 0.134 e. The highest BCUT2D eigenvalue weighted by Gasteiger charge is 2.25. The Morgan fingerprint density at radius 2 is 1.89 bits per heavy atom. The Kier molecular flexibility index (Phi) is 6.62. The third kappa shape index (κ3) is 4.83. The number of aromatic nitrogens is 2. The molecule has 0 unspecified atom stereocenters. The maximum atomic E-state index is 9.35. The van der Waals surface area contributed by atoms with Gasteiger partial charge < -0.3 is 15.5 Å². The first-order valence-corrected chi connectivity index (χ1v) is 12.8. The lowest BCUT2D eigenvalue weighted by Gasteiger charge is -2.33. The molecule has 0 radical (unpaired) electrons. The number of amidine groups is 1. The Hall–Kier alpha value is -3.54. The fraction of sp³-hybridized carbons (Fsp3) is 0.379. The third-order valence-electron chi connectivity index (χ3n) is 7.40. The number of aryl methyl sites for hydroxylation is 2. The number of hydrogen-bond acceptors (Lipinski definition) is 4. The highest BCUT2D eigenvalue weighted by Crippen LogP contribution is 2.34. The molecular weight excluding hydrogens is 432 g/mol. The van der Waals surface area contributed by atoms with Crippen molar-refractivity contribution >= 4 is 22.9 Å². The van der Waals surface area contributed by atoms with Gasteiger partial charge in [0.25, 0.3) is 0 Å². The second kappa shape index (κ2) is 9.98. The molecule has 6 heteroatoms. The third-order valence-corrected chi connectivity index (χ3v) is 7.40. The van der Waals surface area contributed by atoms with E-state index >= 15 is 0 Å². The fourth-order valence-corrected chi connectivity index (χ4v) is 5.39. The van der Waals surface area contributed by atoms with Crippen LogP contribution in [0.15, 0.2) is 55.4 Å². The molecule has 0 spiro atoms. The molecule has 3 N–H and O–H groups in total. The van der Waals surface area contributed by atoms with Gasteiger partial charge in [-0.1, -0.05) is 38.0 Å². The van der Waals surface area contributed by atoms with Crippen molar-refractivity contribution in [3.05, 3.63) is 72.1 Å². The van der Waals surface area contributed by atoms with Crippen LogP contribution in [0.2, 0.25) is 0 Å². The second-order valence-corrected chi connectivity index (χ2v) is 9.82. The average Bonchev–Trinajstić information content (AvgIpc) is 3.34. The van der Waals surface area contributed by atoms with E-state index in [4.69, 9.17) is 0 Å². The Balaban J connectivity index is 1.48. The summed E-state index contributed by atoms with van der Waals surface area (Å²) in [4.78, 5) is 2.18. The Morgan fingerprint density at radius 1 is 1.06 bits per heavy atom. The first-order valence-electron chi connectivity index (χ1n) is 12.8. The van der Waals surface area contributed by atoms with Crippen molar-refractivity contribution in [2.24, 2.45) is 7.05 Å². The molecule has 1 saturated carbocycles. The fourth-order valence-electron chi connectivity index (χ4n) is 5.39. The van der Waals surface area contributed by atoms with Crippen molar-refractivity contribution in [2.45, 2.75) is 51.0 Å². The van der Waals surface area contributed by atoms with E-state index in [1.807, 2.05) is 31.2 Å². The molecular formula is C29H36N6. The predicted octanol–water partition coefficient (Wildman–Crippen LogP) is 5.80. The summed E-state index contributed by atoms with van der Waals surface area (Å²) in [6.07, 6.45) is 12.3. The van der Waals surface area contributed by atoms with Gasteiger partial charge in [-0.15, -0.1) is 0 Å². The summed E-state index contributed by atoms with van der Waals surface area (Å²) in [5.74, 6) is 0.546. The van der Waals surface area contributed by atoms with Gasteiger partial charge in [0, 0.05) is 61.1 Å². The molecule has 5 rings (SSSR count). The number of rotatable bonds is 6. The van der Waals surface area contributed by atoms with E-state index in [1.165, 1.54) is 43.2 Å². The molecule has 2 aromatic carbocycles. The Bertz CT molecular complexity index is 1230. The largest absolute Gasteiger partial charge is 0.388 e. The topological polar surface area (TPSA) is 69.0 Å². The van der Waals surface area contributed by atoms with Gasteiger partial charge >= 0.3 is 0 Å². The molecule has 0 bridgehead atoms. The number of nitrogens with zero attached hydrogens (tertiary/aromatic N) is 3. The quantitative estimate of drug-likeness (QED) is 0.316. The van der Waals surface area contributed by atoms with E-state index in [0.29, 0.717) is 11.9 Å². The van der Waals surface area contributed by atoms with Crippen LogP contribution in [0.3, 0.4) is 0 Å². The van der Waals surface area contributed by atoms with Gasteiger partial charge in [0.05, 0.1) is 6.20 Å². The normalized spacial score (nSPS) is 16.0. The first kappa shape index (κ1) is 23.2. The molecule has 0 amide bonds. The standard InChI is InChI=1S/C29H36N6/c1-20(31-2)21-11-13-27(33-25-9-5-4-6-10-25)26(17-21)29(30)35-15-7-8-23-16-22(12-14-28(23)35)24-18-32-34(3)19-24/h11-14,16-19,25,30-31,33H,1,4-10,15H2,2-3H3. The van der Waals surface area contributed by atoms with Gasteiger partial charge in [-0.2, -0.15) is 5.10 Å². The summed E-state index contributed by atoms with van der Waals surface area (Å²) in [7, 11) is 3.84. The summed E-state index contributed by atoms with van der Waals surface area (Å²) in [5.41, 5.74) is 8.60. The number of benzene rings is 2. The minimum Gasteiger partial charge on any atom is -0.388 e. The lowest BCUT2D eigenvalue weighted by molar-refractivity contribution is 0.462. The molecule has 2 heterocycles. The van der Waals surface area contributed by atoms with E-state index in [9.17, 15) is 5.41 Å². The summed E-state index contributed by atoms with van der Waals surface area (Å²) >= 11 is 0. The number of nitrogens with one attached hydrogen (secondary N) is 3. The molecule has 1 aliphatic heterocycles. The average molecular weight is 469 g/mol. The van der Waals surface area contributed by atoms with Crippen LogP contribution in [0, 0.1) is 5.41 Å². The minimum absolute atomic E-state index is 0.476. The van der Waals surface area contributed by atoms with E-state index in [-0.39, 0.29) is 0 Å². The van der Waals surface area contributed by atoms with Crippen molar-refractivity contribution in [3.8, 4) is 11.1 Å². The lowest BCUT2D eigenvalue weighted by atomic mass is 9.94. The van der Waals surface area contributed by atoms with E-state index in [2.05, 4.69) is 63.6 Å². The maximum absolute atomic E-state index is 9.35. The predicted molar refractivity (Wildman–Crippen MR) is 146 cm³/mol. The van der Waals surface area contributed by atoms with Gasteiger partial charge in [-0.05, 0) is 66.6 Å². The highest BCUT2D eigenvalue weighted by molar-refractivity contribution is 6.12. The van der Waals surface area contributed by atoms with Crippen LogP contribution in [0.5, 0.6) is 0 Å². The molecule has 2 aliphatic rings. The maximum Gasteiger partial charge on any atom is 0.134 e. The number of hydrogen-bond donors (Lipinski definition) is 3. The van der Waals surface area contributed by atoms with Gasteiger partial charge in [-0.25, -0.2) is 0 Å². The first-order chi connectivity index (χ1) is 17.0.